The molecule has 3 nitrogen and oxygen atoms in total. The minimum absolute atomic E-state index is 0.202. The molecule has 0 aliphatic carbocycles. The van der Waals surface area contributed by atoms with Crippen LogP contribution < -0.4 is 0 Å². The Bertz CT molecular complexity index is 713. The number of hydrogen-bond acceptors (Lipinski definition) is 3. The molecule has 1 N–H and O–H groups in total. The van der Waals surface area contributed by atoms with Gasteiger partial charge >= 0.3 is 12.1 Å². The van der Waals surface area contributed by atoms with Gasteiger partial charge in [0.1, 0.15) is 6.04 Å². The van der Waals surface area contributed by atoms with Crippen molar-refractivity contribution in [3.05, 3.63) is 57.3 Å². The van der Waals surface area contributed by atoms with Crippen molar-refractivity contribution in [3.8, 4) is 0 Å². The molecule has 23 heavy (non-hydrogen) atoms. The summed E-state index contributed by atoms with van der Waals surface area (Å²) in [6.45, 7) is 0.623. The smallest absolute Gasteiger partial charge is 0.416 e. The Morgan fingerprint density at radius 1 is 1.30 bits per heavy atom. The Hall–Kier alpha value is -1.86. The summed E-state index contributed by atoms with van der Waals surface area (Å²) in [4.78, 5) is 14.2. The van der Waals surface area contributed by atoms with E-state index >= 15 is 0 Å². The van der Waals surface area contributed by atoms with Gasteiger partial charge in [-0.3, -0.25) is 9.69 Å². The van der Waals surface area contributed by atoms with E-state index in [0.29, 0.717) is 17.7 Å². The Morgan fingerprint density at radius 3 is 2.70 bits per heavy atom. The number of carboxylic acids is 1. The zero-order valence-electron chi connectivity index (χ0n) is 12.0. The van der Waals surface area contributed by atoms with Crippen molar-refractivity contribution in [2.24, 2.45) is 0 Å². The summed E-state index contributed by atoms with van der Waals surface area (Å²) in [5, 5.41) is 11.3. The standard InChI is InChI=1S/C16H14F3NO2S/c17-16(18,19)12-4-3-10-7-14(15(21)22)20(8-11(10)6-12)9-13-2-1-5-23-13/h1-6,14H,7-9H2,(H,21,22)/t14-/m0/s1. The first-order chi connectivity index (χ1) is 10.8. The highest BCUT2D eigenvalue weighted by Crippen LogP contribution is 2.33. The van der Waals surface area contributed by atoms with E-state index in [4.69, 9.17) is 0 Å². The third-order valence-corrected chi connectivity index (χ3v) is 4.85. The second-order valence-corrected chi connectivity index (χ2v) is 6.56. The zero-order chi connectivity index (χ0) is 16.6. The minimum atomic E-state index is -4.39. The van der Waals surface area contributed by atoms with Gasteiger partial charge < -0.3 is 5.11 Å². The Balaban J connectivity index is 1.91. The van der Waals surface area contributed by atoms with Crippen molar-refractivity contribution in [3.63, 3.8) is 0 Å². The second-order valence-electron chi connectivity index (χ2n) is 5.52. The number of halogens is 3. The highest BCUT2D eigenvalue weighted by molar-refractivity contribution is 7.09. The van der Waals surface area contributed by atoms with Crippen LogP contribution in [0.15, 0.2) is 35.7 Å². The summed E-state index contributed by atoms with van der Waals surface area (Å²) < 4.78 is 38.6. The lowest BCUT2D eigenvalue weighted by molar-refractivity contribution is -0.144. The average molecular weight is 341 g/mol. The molecule has 1 atom stereocenters. The van der Waals surface area contributed by atoms with Crippen LogP contribution in [0.4, 0.5) is 13.2 Å². The molecule has 7 heteroatoms. The van der Waals surface area contributed by atoms with Crippen molar-refractivity contribution >= 4 is 17.3 Å². The van der Waals surface area contributed by atoms with E-state index in [1.807, 2.05) is 17.5 Å². The molecular formula is C16H14F3NO2S. The van der Waals surface area contributed by atoms with Crippen molar-refractivity contribution < 1.29 is 23.1 Å². The molecule has 3 rings (SSSR count). The molecule has 1 aliphatic rings. The summed E-state index contributed by atoms with van der Waals surface area (Å²) >= 11 is 1.50. The predicted octanol–water partition coefficient (Wildman–Crippen LogP) is 3.78. The van der Waals surface area contributed by atoms with Gasteiger partial charge in [0.25, 0.3) is 0 Å². The number of thiophene rings is 1. The van der Waals surface area contributed by atoms with Crippen LogP contribution in [-0.4, -0.2) is 22.0 Å². The molecule has 0 amide bonds. The van der Waals surface area contributed by atoms with Crippen molar-refractivity contribution in [2.75, 3.05) is 0 Å². The topological polar surface area (TPSA) is 40.5 Å². The largest absolute Gasteiger partial charge is 0.480 e. The highest BCUT2D eigenvalue weighted by atomic mass is 32.1. The third-order valence-electron chi connectivity index (χ3n) is 3.99. The van der Waals surface area contributed by atoms with Crippen LogP contribution in [0.1, 0.15) is 21.6 Å². The maximum Gasteiger partial charge on any atom is 0.416 e. The molecule has 0 fully saturated rings. The van der Waals surface area contributed by atoms with Crippen molar-refractivity contribution in [1.29, 1.82) is 0 Å². The van der Waals surface area contributed by atoms with E-state index in [-0.39, 0.29) is 13.0 Å². The Kier molecular flexibility index (Phi) is 4.16. The fourth-order valence-corrected chi connectivity index (χ4v) is 3.56. The molecule has 2 aromatic rings. The van der Waals surface area contributed by atoms with E-state index in [1.54, 1.807) is 4.90 Å². The van der Waals surface area contributed by atoms with Gasteiger partial charge in [0.2, 0.25) is 0 Å². The minimum Gasteiger partial charge on any atom is -0.480 e. The highest BCUT2D eigenvalue weighted by Gasteiger charge is 2.35. The monoisotopic (exact) mass is 341 g/mol. The van der Waals surface area contributed by atoms with Gasteiger partial charge in [-0.25, -0.2) is 0 Å². The van der Waals surface area contributed by atoms with E-state index in [1.165, 1.54) is 17.4 Å². The molecule has 0 saturated heterocycles. The fourth-order valence-electron chi connectivity index (χ4n) is 2.83. The molecule has 0 radical (unpaired) electrons. The van der Waals surface area contributed by atoms with Crippen LogP contribution in [0.2, 0.25) is 0 Å². The average Bonchev–Trinajstić information content (AvgIpc) is 2.97. The van der Waals surface area contributed by atoms with E-state index in [9.17, 15) is 23.1 Å². The number of hydrogen-bond donors (Lipinski definition) is 1. The van der Waals surface area contributed by atoms with Crippen LogP contribution in [0.5, 0.6) is 0 Å². The van der Waals surface area contributed by atoms with Gasteiger partial charge in [-0.1, -0.05) is 12.1 Å². The van der Waals surface area contributed by atoms with Crippen LogP contribution in [0.25, 0.3) is 0 Å². The van der Waals surface area contributed by atoms with Gasteiger partial charge in [-0.15, -0.1) is 11.3 Å². The van der Waals surface area contributed by atoms with Gasteiger partial charge in [0.05, 0.1) is 5.56 Å². The SMILES string of the molecule is O=C(O)[C@@H]1Cc2ccc(C(F)(F)F)cc2CN1Cc1cccs1. The molecule has 0 spiro atoms. The first-order valence-corrected chi connectivity index (χ1v) is 7.91. The van der Waals surface area contributed by atoms with E-state index < -0.39 is 23.8 Å². The number of rotatable bonds is 3. The first kappa shape index (κ1) is 16.0. The summed E-state index contributed by atoms with van der Waals surface area (Å²) in [5.41, 5.74) is 0.530. The number of fused-ring (bicyclic) bond motifs is 1. The van der Waals surface area contributed by atoms with Crippen molar-refractivity contribution in [2.45, 2.75) is 31.7 Å². The summed E-state index contributed by atoms with van der Waals surface area (Å²) in [6, 6.07) is 6.60. The molecular weight excluding hydrogens is 327 g/mol. The lowest BCUT2D eigenvalue weighted by Gasteiger charge is -2.34. The van der Waals surface area contributed by atoms with Crippen LogP contribution in [-0.2, 0) is 30.5 Å². The fraction of sp³-hybridized carbons (Fsp3) is 0.312. The molecule has 1 aliphatic heterocycles. The molecule has 0 unspecified atom stereocenters. The normalized spacial score (nSPS) is 18.7. The Labute approximate surface area is 135 Å². The number of benzene rings is 1. The molecule has 1 aromatic carbocycles. The zero-order valence-corrected chi connectivity index (χ0v) is 12.8. The second kappa shape index (κ2) is 5.98. The van der Waals surface area contributed by atoms with Crippen molar-refractivity contribution in [1.82, 2.24) is 4.90 Å². The summed E-state index contributed by atoms with van der Waals surface area (Å²) in [6.07, 6.45) is -4.18. The first-order valence-electron chi connectivity index (χ1n) is 7.03. The van der Waals surface area contributed by atoms with Gasteiger partial charge in [-0.2, -0.15) is 13.2 Å². The maximum absolute atomic E-state index is 12.9. The van der Waals surface area contributed by atoms with E-state index in [2.05, 4.69) is 0 Å². The molecule has 0 bridgehead atoms. The van der Waals surface area contributed by atoms with Crippen LogP contribution >= 0.6 is 11.3 Å². The number of carbonyl (C=O) groups is 1. The van der Waals surface area contributed by atoms with Crippen LogP contribution in [0, 0.1) is 0 Å². The lowest BCUT2D eigenvalue weighted by Crippen LogP contribution is -2.45. The molecule has 1 aromatic heterocycles. The lowest BCUT2D eigenvalue weighted by atomic mass is 9.92. The van der Waals surface area contributed by atoms with Gasteiger partial charge in [0, 0.05) is 18.0 Å². The van der Waals surface area contributed by atoms with E-state index in [0.717, 1.165) is 17.0 Å². The van der Waals surface area contributed by atoms with Crippen LogP contribution in [0.3, 0.4) is 0 Å². The van der Waals surface area contributed by atoms with Gasteiger partial charge in [0.15, 0.2) is 0 Å². The quantitative estimate of drug-likeness (QED) is 0.924. The summed E-state index contributed by atoms with van der Waals surface area (Å²) in [7, 11) is 0. The molecule has 122 valence electrons. The number of carboxylic acid groups (broad SMARTS) is 1. The molecule has 0 saturated carbocycles. The summed E-state index contributed by atoms with van der Waals surface area (Å²) in [5.74, 6) is -0.952. The number of aliphatic carboxylic acids is 1. The number of nitrogens with zero attached hydrogens (tertiary/aromatic N) is 1. The van der Waals surface area contributed by atoms with Gasteiger partial charge in [-0.05, 0) is 41.1 Å². The maximum atomic E-state index is 12.9. The number of alkyl halides is 3. The Morgan fingerprint density at radius 2 is 2.09 bits per heavy atom. The predicted molar refractivity (Wildman–Crippen MR) is 80.1 cm³/mol. The third kappa shape index (κ3) is 3.40. The molecule has 2 heterocycles.